The number of carbonyl (C=O) groups excluding carboxylic acids is 3. The average Bonchev–Trinajstić information content (AvgIpc) is 3.30. The number of nitro benzene ring substituents is 1. The minimum absolute atomic E-state index is 0.126. The van der Waals surface area contributed by atoms with Crippen molar-refractivity contribution in [3.63, 3.8) is 0 Å². The highest BCUT2D eigenvalue weighted by molar-refractivity contribution is 6.14. The zero-order valence-corrected chi connectivity index (χ0v) is 18.7. The Kier molecular flexibility index (Phi) is 5.28. The number of Topliss-reactive ketones (excluding diaryl/α,β-unsaturated/α-hetero) is 1. The number of rotatable bonds is 6. The number of hydrogen-bond donors (Lipinski definition) is 0. The van der Waals surface area contributed by atoms with Gasteiger partial charge in [0, 0.05) is 36.1 Å². The van der Waals surface area contributed by atoms with E-state index in [4.69, 9.17) is 4.74 Å². The molecule has 0 bridgehead atoms. The normalized spacial score (nSPS) is 25.1. The van der Waals surface area contributed by atoms with Crippen LogP contribution in [0.15, 0.2) is 54.6 Å². The van der Waals surface area contributed by atoms with Gasteiger partial charge in [0.2, 0.25) is 11.8 Å². The van der Waals surface area contributed by atoms with Crippen LogP contribution in [0.1, 0.15) is 22.8 Å². The number of allylic oxidation sites excluding steroid dienone is 1. The Balaban J connectivity index is 1.62. The molecule has 34 heavy (non-hydrogen) atoms. The fourth-order valence-corrected chi connectivity index (χ4v) is 5.48. The van der Waals surface area contributed by atoms with Gasteiger partial charge in [-0.05, 0) is 30.7 Å². The van der Waals surface area contributed by atoms with E-state index in [0.29, 0.717) is 0 Å². The van der Waals surface area contributed by atoms with E-state index in [1.807, 2.05) is 42.2 Å². The molecule has 0 spiro atoms. The van der Waals surface area contributed by atoms with E-state index in [9.17, 15) is 24.5 Å². The molecular formula is C25H23N3O6. The first-order chi connectivity index (χ1) is 16.3. The number of ether oxygens (including phenoxy) is 1. The van der Waals surface area contributed by atoms with Gasteiger partial charge in [-0.1, -0.05) is 24.3 Å². The Hall–Kier alpha value is -3.85. The van der Waals surface area contributed by atoms with E-state index < -0.39 is 28.8 Å². The molecule has 0 aromatic heterocycles. The minimum atomic E-state index is -0.911. The van der Waals surface area contributed by atoms with E-state index >= 15 is 0 Å². The molecule has 0 unspecified atom stereocenters. The minimum Gasteiger partial charge on any atom is -0.383 e. The summed E-state index contributed by atoms with van der Waals surface area (Å²) in [5.74, 6) is -2.58. The van der Waals surface area contributed by atoms with Crippen LogP contribution < -0.4 is 4.90 Å². The van der Waals surface area contributed by atoms with Gasteiger partial charge >= 0.3 is 0 Å². The number of nitro groups is 1. The fraction of sp³-hybridized carbons (Fsp3) is 0.320. The van der Waals surface area contributed by atoms with Crippen LogP contribution in [-0.2, 0) is 14.3 Å². The second kappa shape index (κ2) is 8.18. The van der Waals surface area contributed by atoms with E-state index in [0.717, 1.165) is 16.8 Å². The second-order valence-corrected chi connectivity index (χ2v) is 8.75. The Labute approximate surface area is 195 Å². The lowest BCUT2D eigenvalue weighted by Crippen LogP contribution is -2.49. The van der Waals surface area contributed by atoms with Crippen molar-refractivity contribution in [1.29, 1.82) is 0 Å². The molecule has 174 valence electrons. The lowest BCUT2D eigenvalue weighted by atomic mass is 9.85. The quantitative estimate of drug-likeness (QED) is 0.282. The molecule has 0 saturated carbocycles. The van der Waals surface area contributed by atoms with Gasteiger partial charge in [0.25, 0.3) is 5.69 Å². The third-order valence-corrected chi connectivity index (χ3v) is 7.00. The predicted octanol–water partition coefficient (Wildman–Crippen LogP) is 2.70. The first-order valence-corrected chi connectivity index (χ1v) is 11.0. The number of imide groups is 1. The zero-order chi connectivity index (χ0) is 24.1. The van der Waals surface area contributed by atoms with E-state index in [-0.39, 0.29) is 42.0 Å². The highest BCUT2D eigenvalue weighted by atomic mass is 16.6. The molecular weight excluding hydrogens is 438 g/mol. The summed E-state index contributed by atoms with van der Waals surface area (Å²) in [7, 11) is 1.50. The predicted molar refractivity (Wildman–Crippen MR) is 123 cm³/mol. The van der Waals surface area contributed by atoms with Crippen LogP contribution >= 0.6 is 0 Å². The monoisotopic (exact) mass is 461 g/mol. The molecule has 2 saturated heterocycles. The molecule has 2 fully saturated rings. The number of para-hydroxylation sites is 1. The van der Waals surface area contributed by atoms with Gasteiger partial charge < -0.3 is 9.64 Å². The second-order valence-electron chi connectivity index (χ2n) is 8.75. The molecule has 3 aliphatic rings. The summed E-state index contributed by atoms with van der Waals surface area (Å²) in [5, 5.41) is 11.1. The van der Waals surface area contributed by atoms with Crippen molar-refractivity contribution in [3.05, 3.63) is 75.8 Å². The topological polar surface area (TPSA) is 110 Å². The van der Waals surface area contributed by atoms with Gasteiger partial charge in [-0.3, -0.25) is 29.4 Å². The highest BCUT2D eigenvalue weighted by Crippen LogP contribution is 2.50. The van der Waals surface area contributed by atoms with Crippen molar-refractivity contribution in [3.8, 4) is 0 Å². The summed E-state index contributed by atoms with van der Waals surface area (Å²) < 4.78 is 5.08. The molecule has 2 amide bonds. The smallest absolute Gasteiger partial charge is 0.269 e. The number of likely N-dealkylation sites (tertiary alicyclic amines) is 1. The van der Waals surface area contributed by atoms with Crippen LogP contribution in [0.4, 0.5) is 11.4 Å². The Morgan fingerprint density at radius 3 is 2.41 bits per heavy atom. The molecule has 2 aromatic carbocycles. The maximum Gasteiger partial charge on any atom is 0.269 e. The lowest BCUT2D eigenvalue weighted by molar-refractivity contribution is -0.384. The van der Waals surface area contributed by atoms with E-state index in [1.54, 1.807) is 0 Å². The number of carbonyl (C=O) groups is 3. The summed E-state index contributed by atoms with van der Waals surface area (Å²) in [4.78, 5) is 54.4. The van der Waals surface area contributed by atoms with Gasteiger partial charge in [-0.25, -0.2) is 0 Å². The SMILES string of the molecule is COCCN1C(=O)[C@@H]2[C@H](C1=O)[C@H]1C=C(C)c3ccccc3N1[C@H]2C(=O)c1ccc([N+](=O)[O-])cc1. The number of fused-ring (bicyclic) bond motifs is 5. The van der Waals surface area contributed by atoms with Crippen LogP contribution in [-0.4, -0.2) is 59.8 Å². The number of anilines is 1. The summed E-state index contributed by atoms with van der Waals surface area (Å²) in [6.45, 7) is 2.30. The summed E-state index contributed by atoms with van der Waals surface area (Å²) in [6, 6.07) is 11.6. The van der Waals surface area contributed by atoms with E-state index in [1.165, 1.54) is 36.3 Å². The third-order valence-electron chi connectivity index (χ3n) is 7.00. The number of benzene rings is 2. The van der Waals surface area contributed by atoms with Crippen LogP contribution in [0.2, 0.25) is 0 Å². The maximum atomic E-state index is 13.9. The molecule has 3 aliphatic heterocycles. The summed E-state index contributed by atoms with van der Waals surface area (Å²) >= 11 is 0. The number of methoxy groups -OCH3 is 1. The van der Waals surface area contributed by atoms with Crippen molar-refractivity contribution in [2.45, 2.75) is 19.0 Å². The molecule has 4 atom stereocenters. The number of non-ortho nitro benzene ring substituents is 1. The van der Waals surface area contributed by atoms with Crippen LogP contribution in [0.5, 0.6) is 0 Å². The number of ketones is 1. The number of nitrogens with zero attached hydrogens (tertiary/aromatic N) is 3. The van der Waals surface area contributed by atoms with Gasteiger partial charge in [-0.2, -0.15) is 0 Å². The third kappa shape index (κ3) is 3.15. The van der Waals surface area contributed by atoms with Crippen molar-refractivity contribution in [2.24, 2.45) is 11.8 Å². The Bertz CT molecular complexity index is 1240. The first-order valence-electron chi connectivity index (χ1n) is 11.0. The summed E-state index contributed by atoms with van der Waals surface area (Å²) in [5.41, 5.74) is 2.85. The van der Waals surface area contributed by atoms with Gasteiger partial charge in [0.1, 0.15) is 6.04 Å². The summed E-state index contributed by atoms with van der Waals surface area (Å²) in [6.07, 6.45) is 1.97. The molecule has 5 rings (SSSR count). The molecule has 9 nitrogen and oxygen atoms in total. The average molecular weight is 461 g/mol. The molecule has 0 radical (unpaired) electrons. The first kappa shape index (κ1) is 22.0. The number of amides is 2. The lowest BCUT2D eigenvalue weighted by Gasteiger charge is -2.38. The van der Waals surface area contributed by atoms with Crippen LogP contribution in [0.3, 0.4) is 0 Å². The van der Waals surface area contributed by atoms with Crippen molar-refractivity contribution in [2.75, 3.05) is 25.2 Å². The largest absolute Gasteiger partial charge is 0.383 e. The molecule has 9 heteroatoms. The van der Waals surface area contributed by atoms with Crippen LogP contribution in [0, 0.1) is 22.0 Å². The number of hydrogen-bond acceptors (Lipinski definition) is 7. The molecule has 2 aromatic rings. The fourth-order valence-electron chi connectivity index (χ4n) is 5.48. The maximum absolute atomic E-state index is 13.9. The highest BCUT2D eigenvalue weighted by Gasteiger charge is 2.64. The van der Waals surface area contributed by atoms with E-state index in [2.05, 4.69) is 0 Å². The zero-order valence-electron chi connectivity index (χ0n) is 18.7. The Morgan fingerprint density at radius 2 is 1.74 bits per heavy atom. The van der Waals surface area contributed by atoms with Crippen LogP contribution in [0.25, 0.3) is 5.57 Å². The Morgan fingerprint density at radius 1 is 1.06 bits per heavy atom. The molecule has 0 aliphatic carbocycles. The molecule has 3 heterocycles. The van der Waals surface area contributed by atoms with Crippen molar-refractivity contribution >= 4 is 34.5 Å². The van der Waals surface area contributed by atoms with Crippen molar-refractivity contribution < 1.29 is 24.0 Å². The van der Waals surface area contributed by atoms with Gasteiger partial charge in [-0.15, -0.1) is 0 Å². The standard InChI is InChI=1S/C25H23N3O6/c1-14-13-19-20-21(25(31)26(24(20)30)11-12-34-2)22(27(19)18-6-4-3-5-17(14)18)23(29)15-7-9-16(10-8-15)28(32)33/h3-10,13,19-22H,11-12H2,1-2H3/t19-,20-,21-,22-/m1/s1. The van der Waals surface area contributed by atoms with Crippen molar-refractivity contribution in [1.82, 2.24) is 4.90 Å². The van der Waals surface area contributed by atoms with Gasteiger partial charge in [0.05, 0.1) is 36.0 Å². The molecule has 0 N–H and O–H groups in total. The van der Waals surface area contributed by atoms with Gasteiger partial charge in [0.15, 0.2) is 5.78 Å².